The summed E-state index contributed by atoms with van der Waals surface area (Å²) in [5, 5.41) is 19.3. The molecule has 0 N–H and O–H groups in total. The van der Waals surface area contributed by atoms with Crippen LogP contribution < -0.4 is 64.2 Å². The molecule has 0 unspecified atom stereocenters. The number of carboxylic acids is 1. The predicted octanol–water partition coefficient (Wildman–Crippen LogP) is -5.74. The summed E-state index contributed by atoms with van der Waals surface area (Å²) < 4.78 is 0. The summed E-state index contributed by atoms with van der Waals surface area (Å²) in [4.78, 5) is 20.2. The summed E-state index contributed by atoms with van der Waals surface area (Å²) in [7, 11) is 0. The van der Waals surface area contributed by atoms with Crippen LogP contribution in [0.15, 0.2) is 24.3 Å². The molecule has 0 amide bonds. The maximum Gasteiger partial charge on any atom is 1.00 e. The van der Waals surface area contributed by atoms with Gasteiger partial charge in [-0.15, -0.1) is 0 Å². The summed E-state index contributed by atoms with van der Waals surface area (Å²) >= 11 is 0. The maximum absolute atomic E-state index is 10.3. The number of aromatic carboxylic acids is 1. The van der Waals surface area contributed by atoms with Crippen molar-refractivity contribution in [2.45, 2.75) is 0 Å². The van der Waals surface area contributed by atoms with E-state index in [1.54, 1.807) is 0 Å². The van der Waals surface area contributed by atoms with Gasteiger partial charge in [0.2, 0.25) is 0 Å². The number of carbonyl (C=O) groups is 1. The van der Waals surface area contributed by atoms with Crippen LogP contribution in [-0.2, 0) is 0 Å². The Morgan fingerprint density at radius 1 is 1.20 bits per heavy atom. The second kappa shape index (κ2) is 8.09. The largest absolute Gasteiger partial charge is 1.00 e. The molecule has 0 radical (unpaired) electrons. The van der Waals surface area contributed by atoms with E-state index in [0.717, 1.165) is 0 Å². The Hall–Kier alpha value is -0.110. The van der Waals surface area contributed by atoms with E-state index in [1.807, 2.05) is 0 Å². The minimum Gasteiger partial charge on any atom is -0.545 e. The van der Waals surface area contributed by atoms with Crippen molar-refractivity contribution < 1.29 is 74.0 Å². The number of carboxylic acid groups (broad SMARTS) is 1. The molecule has 0 aromatic heterocycles. The van der Waals surface area contributed by atoms with Gasteiger partial charge in [0.15, 0.2) is 0 Å². The fourth-order valence-corrected chi connectivity index (χ4v) is 0.758. The molecule has 0 bridgehead atoms. The summed E-state index contributed by atoms with van der Waals surface area (Å²) in [6, 6.07) is 4.84. The van der Waals surface area contributed by atoms with E-state index in [0.29, 0.717) is 0 Å². The van der Waals surface area contributed by atoms with Crippen LogP contribution in [0.25, 0.3) is 5.43 Å². The smallest absolute Gasteiger partial charge is 0.545 e. The predicted molar refractivity (Wildman–Crippen MR) is 40.8 cm³/mol. The molecule has 1 aromatic rings. The van der Waals surface area contributed by atoms with Crippen molar-refractivity contribution in [2.75, 3.05) is 0 Å². The zero-order valence-corrected chi connectivity index (χ0v) is 12.3. The van der Waals surface area contributed by atoms with Gasteiger partial charge in [0.1, 0.15) is 0 Å². The average Bonchev–Trinajstić information content (AvgIpc) is 2.04. The minimum absolute atomic E-state index is 0. The van der Waals surface area contributed by atoms with Crippen molar-refractivity contribution in [3.05, 3.63) is 45.4 Å². The van der Waals surface area contributed by atoms with Crippen LogP contribution in [0.4, 0.5) is 5.69 Å². The van der Waals surface area contributed by atoms with Gasteiger partial charge in [-0.2, -0.15) is 0 Å². The van der Waals surface area contributed by atoms with Gasteiger partial charge in [-0.1, -0.05) is 30.0 Å². The maximum atomic E-state index is 10.3. The van der Waals surface area contributed by atoms with Crippen molar-refractivity contribution in [3.8, 4) is 0 Å². The zero-order valence-electron chi connectivity index (χ0n) is 8.34. The van der Waals surface area contributed by atoms with Gasteiger partial charge in [0.05, 0.1) is 5.97 Å². The number of hydrogen-bond donors (Lipinski definition) is 0. The van der Waals surface area contributed by atoms with Crippen LogP contribution in [0.5, 0.6) is 0 Å². The average molecular weight is 226 g/mol. The number of benzene rings is 1. The minimum atomic E-state index is -1.33. The van der Waals surface area contributed by atoms with E-state index < -0.39 is 11.0 Å². The van der Waals surface area contributed by atoms with E-state index in [4.69, 9.17) is 0 Å². The third-order valence-electron chi connectivity index (χ3n) is 1.30. The van der Waals surface area contributed by atoms with Crippen LogP contribution in [0.1, 0.15) is 10.4 Å². The van der Waals surface area contributed by atoms with Crippen molar-refractivity contribution in [1.29, 1.82) is 0 Å². The molecule has 68 valence electrons. The molecule has 1 aromatic carbocycles. The Bertz CT molecular complexity index is 341. The first-order valence-corrected chi connectivity index (χ1v) is 3.27. The van der Waals surface area contributed by atoms with Gasteiger partial charge in [-0.25, -0.2) is 0 Å². The Labute approximate surface area is 130 Å². The Balaban J connectivity index is 0. The molecular formula is C7H4N2Na2O4. The van der Waals surface area contributed by atoms with Gasteiger partial charge in [-0.3, -0.25) is 10.1 Å². The standard InChI is InChI=1S/C7H5N2O4.2Na/c10-7(11)5-1-3-6(4-2-5)8-9(12)13;;/h1-4H,(H,10,11);;/q-1;2*+1/p-1. The fourth-order valence-electron chi connectivity index (χ4n) is 0.758. The van der Waals surface area contributed by atoms with E-state index in [9.17, 15) is 20.0 Å². The Morgan fingerprint density at radius 3 is 2.00 bits per heavy atom. The van der Waals surface area contributed by atoms with Gasteiger partial charge < -0.3 is 15.3 Å². The monoisotopic (exact) mass is 226 g/mol. The number of nitro groups is 1. The quantitative estimate of drug-likeness (QED) is 0.291. The first-order chi connectivity index (χ1) is 6.09. The second-order valence-corrected chi connectivity index (χ2v) is 2.17. The topological polar surface area (TPSA) is 97.4 Å². The van der Waals surface area contributed by atoms with Crippen molar-refractivity contribution in [2.24, 2.45) is 0 Å². The summed E-state index contributed by atoms with van der Waals surface area (Å²) in [6.45, 7) is 0. The number of carbonyl (C=O) groups excluding carboxylic acids is 1. The number of hydrogen-bond acceptors (Lipinski definition) is 4. The summed E-state index contributed by atoms with van der Waals surface area (Å²) in [6.07, 6.45) is 0. The molecule has 6 nitrogen and oxygen atoms in total. The molecule has 0 heterocycles. The summed E-state index contributed by atoms with van der Waals surface area (Å²) in [5.41, 5.74) is 3.02. The zero-order chi connectivity index (χ0) is 9.84. The molecule has 1 rings (SSSR count). The third-order valence-corrected chi connectivity index (χ3v) is 1.30. The first-order valence-electron chi connectivity index (χ1n) is 3.27. The fraction of sp³-hybridized carbons (Fsp3) is 0. The van der Waals surface area contributed by atoms with Gasteiger partial charge in [-0.05, 0) is 10.6 Å². The third kappa shape index (κ3) is 6.14. The van der Waals surface area contributed by atoms with Gasteiger partial charge in [0, 0.05) is 0 Å². The van der Waals surface area contributed by atoms with E-state index >= 15 is 0 Å². The molecule has 0 aliphatic rings. The van der Waals surface area contributed by atoms with Gasteiger partial charge in [0.25, 0.3) is 0 Å². The second-order valence-electron chi connectivity index (χ2n) is 2.17. The molecule has 0 spiro atoms. The molecule has 15 heavy (non-hydrogen) atoms. The van der Waals surface area contributed by atoms with Crippen molar-refractivity contribution >= 4 is 11.7 Å². The SMILES string of the molecule is O=C([O-])c1ccc([N-][N+](=O)[O-])cc1.[Na+].[Na+]. The van der Waals surface area contributed by atoms with Crippen LogP contribution in [0.2, 0.25) is 0 Å². The van der Waals surface area contributed by atoms with Gasteiger partial charge >= 0.3 is 59.1 Å². The molecule has 0 saturated carbocycles. The van der Waals surface area contributed by atoms with Crippen LogP contribution in [0, 0.1) is 10.1 Å². The van der Waals surface area contributed by atoms with E-state index in [-0.39, 0.29) is 70.4 Å². The Morgan fingerprint density at radius 2 is 1.67 bits per heavy atom. The number of rotatable bonds is 3. The van der Waals surface area contributed by atoms with Crippen LogP contribution in [-0.4, -0.2) is 11.0 Å². The van der Waals surface area contributed by atoms with E-state index in [1.165, 1.54) is 24.3 Å². The Kier molecular flexibility index (Phi) is 9.33. The van der Waals surface area contributed by atoms with Crippen molar-refractivity contribution in [3.63, 3.8) is 0 Å². The molecule has 0 fully saturated rings. The molecular weight excluding hydrogens is 222 g/mol. The number of nitrogens with zero attached hydrogens (tertiary/aromatic N) is 2. The summed E-state index contributed by atoms with van der Waals surface area (Å²) in [5.74, 6) is -1.33. The van der Waals surface area contributed by atoms with Crippen molar-refractivity contribution in [1.82, 2.24) is 0 Å². The molecule has 0 saturated heterocycles. The van der Waals surface area contributed by atoms with E-state index in [2.05, 4.69) is 5.43 Å². The molecule has 8 heteroatoms. The normalized spacial score (nSPS) is 8.00. The molecule has 0 atom stereocenters. The molecule has 0 aliphatic heterocycles. The van der Waals surface area contributed by atoms with Crippen LogP contribution >= 0.6 is 0 Å². The first kappa shape index (κ1) is 17.3. The van der Waals surface area contributed by atoms with Crippen LogP contribution in [0.3, 0.4) is 0 Å². The molecule has 0 aliphatic carbocycles.